The zero-order valence-corrected chi connectivity index (χ0v) is 18.5. The van der Waals surface area contributed by atoms with Crippen LogP contribution in [0, 0.1) is 0 Å². The Morgan fingerprint density at radius 1 is 0.788 bits per heavy atom. The van der Waals surface area contributed by atoms with Crippen molar-refractivity contribution in [2.24, 2.45) is 0 Å². The molecule has 1 saturated heterocycles. The molecule has 3 aromatic rings. The standard InChI is InChI=1S/C22H17Cl2F3N4O2/c23-16-11-15(12-17(24)13-16)21(33)30-9-7-29(8-10-30)20(32)14-1-3-18(4-2-14)31-6-5-19(28-31)22(25,26)27/h1-6,11-13H,7-10H2. The molecule has 0 N–H and O–H groups in total. The van der Waals surface area contributed by atoms with Crippen molar-refractivity contribution in [1.82, 2.24) is 19.6 Å². The van der Waals surface area contributed by atoms with E-state index >= 15 is 0 Å². The van der Waals surface area contributed by atoms with Gasteiger partial charge < -0.3 is 9.80 Å². The number of rotatable bonds is 3. The van der Waals surface area contributed by atoms with Gasteiger partial charge in [0.15, 0.2) is 5.69 Å². The molecule has 0 unspecified atom stereocenters. The fourth-order valence-electron chi connectivity index (χ4n) is 3.53. The van der Waals surface area contributed by atoms with Crippen LogP contribution in [0.1, 0.15) is 26.4 Å². The Kier molecular flexibility index (Phi) is 6.36. The highest BCUT2D eigenvalue weighted by Crippen LogP contribution is 2.28. The van der Waals surface area contributed by atoms with Crippen molar-refractivity contribution >= 4 is 35.0 Å². The number of amides is 2. The SMILES string of the molecule is O=C(c1ccc(-n2ccc(C(F)(F)F)n2)cc1)N1CCN(C(=O)c2cc(Cl)cc(Cl)c2)CC1. The van der Waals surface area contributed by atoms with Crippen LogP contribution < -0.4 is 0 Å². The minimum Gasteiger partial charge on any atom is -0.335 e. The summed E-state index contributed by atoms with van der Waals surface area (Å²) >= 11 is 11.9. The second-order valence-corrected chi connectivity index (χ2v) is 8.31. The van der Waals surface area contributed by atoms with Gasteiger partial charge in [-0.15, -0.1) is 0 Å². The highest BCUT2D eigenvalue weighted by molar-refractivity contribution is 6.35. The van der Waals surface area contributed by atoms with Crippen molar-refractivity contribution in [3.63, 3.8) is 0 Å². The number of piperazine rings is 1. The van der Waals surface area contributed by atoms with Gasteiger partial charge in [0.1, 0.15) is 0 Å². The smallest absolute Gasteiger partial charge is 0.335 e. The lowest BCUT2D eigenvalue weighted by Crippen LogP contribution is -2.50. The fraction of sp³-hybridized carbons (Fsp3) is 0.227. The first kappa shape index (κ1) is 23.1. The summed E-state index contributed by atoms with van der Waals surface area (Å²) in [6, 6.07) is 11.7. The van der Waals surface area contributed by atoms with E-state index in [1.54, 1.807) is 28.0 Å². The molecule has 33 heavy (non-hydrogen) atoms. The third-order valence-corrected chi connectivity index (χ3v) is 5.66. The molecule has 0 atom stereocenters. The summed E-state index contributed by atoms with van der Waals surface area (Å²) in [5, 5.41) is 4.26. The van der Waals surface area contributed by atoms with E-state index in [9.17, 15) is 22.8 Å². The monoisotopic (exact) mass is 496 g/mol. The van der Waals surface area contributed by atoms with Crippen LogP contribution in [-0.4, -0.2) is 57.6 Å². The molecule has 172 valence electrons. The molecule has 11 heteroatoms. The summed E-state index contributed by atoms with van der Waals surface area (Å²) in [4.78, 5) is 28.8. The van der Waals surface area contributed by atoms with Crippen LogP contribution in [0.4, 0.5) is 13.2 Å². The maximum absolute atomic E-state index is 12.8. The van der Waals surface area contributed by atoms with Crippen LogP contribution >= 0.6 is 23.2 Å². The highest BCUT2D eigenvalue weighted by atomic mass is 35.5. The first-order valence-electron chi connectivity index (χ1n) is 9.90. The van der Waals surface area contributed by atoms with E-state index in [-0.39, 0.29) is 11.8 Å². The van der Waals surface area contributed by atoms with Crippen LogP contribution in [0.25, 0.3) is 5.69 Å². The van der Waals surface area contributed by atoms with Crippen molar-refractivity contribution in [2.75, 3.05) is 26.2 Å². The Bertz CT molecular complexity index is 1170. The van der Waals surface area contributed by atoms with E-state index in [1.807, 2.05) is 0 Å². The molecule has 1 aliphatic rings. The molecule has 2 aromatic carbocycles. The van der Waals surface area contributed by atoms with Gasteiger partial charge in [-0.2, -0.15) is 18.3 Å². The number of nitrogens with zero attached hydrogens (tertiary/aromatic N) is 4. The van der Waals surface area contributed by atoms with Gasteiger partial charge in [0.2, 0.25) is 0 Å². The van der Waals surface area contributed by atoms with Crippen LogP contribution in [0.5, 0.6) is 0 Å². The number of alkyl halides is 3. The summed E-state index contributed by atoms with van der Waals surface area (Å²) < 4.78 is 39.3. The Morgan fingerprint density at radius 3 is 1.79 bits per heavy atom. The quantitative estimate of drug-likeness (QED) is 0.523. The van der Waals surface area contributed by atoms with Crippen molar-refractivity contribution in [3.05, 3.63) is 81.6 Å². The molecule has 0 aliphatic carbocycles. The summed E-state index contributed by atoms with van der Waals surface area (Å²) in [5.74, 6) is -0.441. The van der Waals surface area contributed by atoms with Crippen molar-refractivity contribution in [2.45, 2.75) is 6.18 Å². The zero-order chi connectivity index (χ0) is 23.8. The van der Waals surface area contributed by atoms with Gasteiger partial charge >= 0.3 is 6.18 Å². The van der Waals surface area contributed by atoms with Gasteiger partial charge in [0.05, 0.1) is 5.69 Å². The lowest BCUT2D eigenvalue weighted by atomic mass is 10.1. The van der Waals surface area contributed by atoms with Crippen LogP contribution in [0.15, 0.2) is 54.7 Å². The largest absolute Gasteiger partial charge is 0.435 e. The number of hydrogen-bond donors (Lipinski definition) is 0. The third-order valence-electron chi connectivity index (χ3n) is 5.22. The second kappa shape index (κ2) is 9.07. The number of hydrogen-bond acceptors (Lipinski definition) is 3. The fourth-order valence-corrected chi connectivity index (χ4v) is 4.06. The molecule has 0 spiro atoms. The molecule has 0 saturated carbocycles. The van der Waals surface area contributed by atoms with E-state index in [0.29, 0.717) is 53.0 Å². The topological polar surface area (TPSA) is 58.4 Å². The van der Waals surface area contributed by atoms with E-state index in [4.69, 9.17) is 23.2 Å². The third kappa shape index (κ3) is 5.15. The number of carbonyl (C=O) groups excluding carboxylic acids is 2. The van der Waals surface area contributed by atoms with Crippen LogP contribution in [0.3, 0.4) is 0 Å². The van der Waals surface area contributed by atoms with Gasteiger partial charge in [-0.05, 0) is 48.5 Å². The molecule has 0 bridgehead atoms. The highest BCUT2D eigenvalue weighted by Gasteiger charge is 2.33. The van der Waals surface area contributed by atoms with Crippen molar-refractivity contribution < 1.29 is 22.8 Å². The molecule has 1 fully saturated rings. The Balaban J connectivity index is 1.38. The van der Waals surface area contributed by atoms with Gasteiger partial charge in [0.25, 0.3) is 11.8 Å². The zero-order valence-electron chi connectivity index (χ0n) is 17.0. The van der Waals surface area contributed by atoms with E-state index in [2.05, 4.69) is 5.10 Å². The average molecular weight is 497 g/mol. The predicted molar refractivity (Wildman–Crippen MR) is 117 cm³/mol. The Hall–Kier alpha value is -3.04. The number of aromatic nitrogens is 2. The molecule has 1 aromatic heterocycles. The van der Waals surface area contributed by atoms with Gasteiger partial charge in [0, 0.05) is 53.5 Å². The molecule has 0 radical (unpaired) electrons. The summed E-state index contributed by atoms with van der Waals surface area (Å²) in [6.45, 7) is 1.38. The summed E-state index contributed by atoms with van der Waals surface area (Å²) in [5.41, 5.74) is 0.186. The molecular weight excluding hydrogens is 480 g/mol. The number of benzene rings is 2. The minimum absolute atomic E-state index is 0.215. The predicted octanol–water partition coefficient (Wildman–Crippen LogP) is 4.80. The Morgan fingerprint density at radius 2 is 1.30 bits per heavy atom. The molecule has 1 aliphatic heterocycles. The summed E-state index contributed by atoms with van der Waals surface area (Å²) in [7, 11) is 0. The minimum atomic E-state index is -4.52. The lowest BCUT2D eigenvalue weighted by Gasteiger charge is -2.35. The average Bonchev–Trinajstić information content (AvgIpc) is 3.29. The normalized spacial score (nSPS) is 14.5. The van der Waals surface area contributed by atoms with Gasteiger partial charge in [-0.25, -0.2) is 4.68 Å². The van der Waals surface area contributed by atoms with E-state index < -0.39 is 11.9 Å². The van der Waals surface area contributed by atoms with Gasteiger partial charge in [-0.1, -0.05) is 23.2 Å². The van der Waals surface area contributed by atoms with Crippen LogP contribution in [-0.2, 0) is 6.18 Å². The van der Waals surface area contributed by atoms with E-state index in [1.165, 1.54) is 30.5 Å². The summed E-state index contributed by atoms with van der Waals surface area (Å²) in [6.07, 6.45) is -3.31. The van der Waals surface area contributed by atoms with Crippen molar-refractivity contribution in [3.8, 4) is 5.69 Å². The number of carbonyl (C=O) groups is 2. The van der Waals surface area contributed by atoms with E-state index in [0.717, 1.165) is 10.7 Å². The number of halogens is 5. The molecule has 2 heterocycles. The lowest BCUT2D eigenvalue weighted by molar-refractivity contribution is -0.141. The van der Waals surface area contributed by atoms with Crippen molar-refractivity contribution in [1.29, 1.82) is 0 Å². The van der Waals surface area contributed by atoms with Crippen LogP contribution in [0.2, 0.25) is 10.0 Å². The van der Waals surface area contributed by atoms with Gasteiger partial charge in [-0.3, -0.25) is 9.59 Å². The maximum Gasteiger partial charge on any atom is 0.435 e. The first-order chi connectivity index (χ1) is 15.6. The molecule has 2 amide bonds. The second-order valence-electron chi connectivity index (χ2n) is 7.43. The first-order valence-corrected chi connectivity index (χ1v) is 10.7. The molecular formula is C22H17Cl2F3N4O2. The molecule has 6 nitrogen and oxygen atoms in total. The Labute approximate surface area is 197 Å². The molecule has 4 rings (SSSR count). The maximum atomic E-state index is 12.8.